The number of carbonyl (C=O) groups excluding carboxylic acids is 2. The number of thiocarbonyl (C=S) groups is 1. The number of carboxylic acids is 1. The van der Waals surface area contributed by atoms with Crippen LogP contribution in [0.3, 0.4) is 0 Å². The van der Waals surface area contributed by atoms with Crippen LogP contribution < -0.4 is 10.2 Å². The van der Waals surface area contributed by atoms with Gasteiger partial charge in [0.25, 0.3) is 11.8 Å². The van der Waals surface area contributed by atoms with Gasteiger partial charge >= 0.3 is 5.97 Å². The molecule has 7 nitrogen and oxygen atoms in total. The predicted octanol–water partition coefficient (Wildman–Crippen LogP) is 5.58. The molecular formula is C24H16Cl3N3O4S. The topological polar surface area (TPSA) is 91.6 Å². The molecule has 0 aliphatic carbocycles. The molecule has 0 saturated carbocycles. The first-order chi connectivity index (χ1) is 16.5. The second kappa shape index (κ2) is 9.47. The largest absolute Gasteiger partial charge is 0.478 e. The highest BCUT2D eigenvalue weighted by atomic mass is 35.5. The van der Waals surface area contributed by atoms with Crippen LogP contribution in [0.4, 0.5) is 5.69 Å². The van der Waals surface area contributed by atoms with E-state index in [2.05, 4.69) is 5.32 Å². The van der Waals surface area contributed by atoms with E-state index in [1.807, 2.05) is 0 Å². The molecule has 0 atom stereocenters. The second-order valence-corrected chi connectivity index (χ2v) is 9.24. The fourth-order valence-electron chi connectivity index (χ4n) is 3.82. The Morgan fingerprint density at radius 1 is 1.03 bits per heavy atom. The van der Waals surface area contributed by atoms with Gasteiger partial charge in [0.05, 0.1) is 32.0 Å². The van der Waals surface area contributed by atoms with Gasteiger partial charge in [0.15, 0.2) is 5.11 Å². The quantitative estimate of drug-likeness (QED) is 0.252. The SMILES string of the molecule is Cc1cc(/C=C2\C(=O)NC(=S)N(c3cccc(Cl)c3Cl)C2=O)c(C)n1-c1cc(C(=O)O)ccc1Cl. The van der Waals surface area contributed by atoms with E-state index in [4.69, 9.17) is 47.0 Å². The summed E-state index contributed by atoms with van der Waals surface area (Å²) in [5, 5.41) is 12.4. The van der Waals surface area contributed by atoms with Crippen molar-refractivity contribution in [2.24, 2.45) is 0 Å². The Morgan fingerprint density at radius 2 is 1.74 bits per heavy atom. The van der Waals surface area contributed by atoms with Crippen LogP contribution in [0, 0.1) is 13.8 Å². The molecule has 0 spiro atoms. The molecule has 1 aliphatic rings. The molecule has 1 aromatic heterocycles. The Hall–Kier alpha value is -3.17. The Labute approximate surface area is 220 Å². The maximum atomic E-state index is 13.4. The minimum atomic E-state index is -1.09. The van der Waals surface area contributed by atoms with Gasteiger partial charge in [-0.25, -0.2) is 4.79 Å². The smallest absolute Gasteiger partial charge is 0.335 e. The maximum absolute atomic E-state index is 13.4. The Kier molecular flexibility index (Phi) is 6.75. The third-order valence-electron chi connectivity index (χ3n) is 5.48. The molecule has 0 radical (unpaired) electrons. The van der Waals surface area contributed by atoms with Crippen molar-refractivity contribution in [3.05, 3.63) is 85.6 Å². The van der Waals surface area contributed by atoms with Gasteiger partial charge in [0, 0.05) is 11.4 Å². The molecule has 2 aromatic carbocycles. The van der Waals surface area contributed by atoms with E-state index in [1.165, 1.54) is 24.3 Å². The van der Waals surface area contributed by atoms with Crippen LogP contribution in [-0.4, -0.2) is 32.6 Å². The third kappa shape index (κ3) is 4.46. The Balaban J connectivity index is 1.81. The van der Waals surface area contributed by atoms with Gasteiger partial charge in [-0.05, 0) is 74.1 Å². The number of carbonyl (C=O) groups is 3. The number of aromatic nitrogens is 1. The van der Waals surface area contributed by atoms with E-state index >= 15 is 0 Å². The highest BCUT2D eigenvalue weighted by Gasteiger charge is 2.36. The van der Waals surface area contributed by atoms with Crippen LogP contribution in [0.5, 0.6) is 0 Å². The first kappa shape index (κ1) is 24.9. The van der Waals surface area contributed by atoms with Gasteiger partial charge in [-0.1, -0.05) is 40.9 Å². The molecule has 0 bridgehead atoms. The third-order valence-corrected chi connectivity index (χ3v) is 6.89. The molecule has 1 fully saturated rings. The monoisotopic (exact) mass is 547 g/mol. The lowest BCUT2D eigenvalue weighted by molar-refractivity contribution is -0.122. The van der Waals surface area contributed by atoms with Crippen molar-refractivity contribution >= 4 is 81.7 Å². The number of hydrogen-bond donors (Lipinski definition) is 2. The van der Waals surface area contributed by atoms with E-state index in [9.17, 15) is 19.5 Å². The first-order valence-electron chi connectivity index (χ1n) is 10.1. The normalized spacial score (nSPS) is 15.1. The summed E-state index contributed by atoms with van der Waals surface area (Å²) >= 11 is 24.0. The van der Waals surface area contributed by atoms with Crippen LogP contribution in [-0.2, 0) is 9.59 Å². The molecule has 2 heterocycles. The minimum absolute atomic E-state index is 0.0706. The summed E-state index contributed by atoms with van der Waals surface area (Å²) < 4.78 is 1.75. The highest BCUT2D eigenvalue weighted by molar-refractivity contribution is 7.80. The number of aryl methyl sites for hydroxylation is 1. The number of aromatic carboxylic acids is 1. The second-order valence-electron chi connectivity index (χ2n) is 7.66. The van der Waals surface area contributed by atoms with Crippen molar-refractivity contribution in [1.29, 1.82) is 0 Å². The summed E-state index contributed by atoms with van der Waals surface area (Å²) in [5.41, 5.74) is 2.51. The summed E-state index contributed by atoms with van der Waals surface area (Å²) in [6.07, 6.45) is 1.44. The van der Waals surface area contributed by atoms with Crippen molar-refractivity contribution in [2.75, 3.05) is 4.90 Å². The van der Waals surface area contributed by atoms with Crippen molar-refractivity contribution in [3.63, 3.8) is 0 Å². The molecule has 4 rings (SSSR count). The van der Waals surface area contributed by atoms with Crippen LogP contribution in [0.2, 0.25) is 15.1 Å². The van der Waals surface area contributed by atoms with Crippen LogP contribution >= 0.6 is 47.0 Å². The molecule has 11 heteroatoms. The number of rotatable bonds is 4. The van der Waals surface area contributed by atoms with Gasteiger partial charge in [-0.15, -0.1) is 0 Å². The number of hydrogen-bond acceptors (Lipinski definition) is 4. The Bertz CT molecular complexity index is 1480. The van der Waals surface area contributed by atoms with E-state index in [0.29, 0.717) is 27.7 Å². The van der Waals surface area contributed by atoms with Crippen molar-refractivity contribution in [2.45, 2.75) is 13.8 Å². The van der Waals surface area contributed by atoms with Crippen molar-refractivity contribution in [3.8, 4) is 5.69 Å². The molecule has 3 aromatic rings. The zero-order valence-electron chi connectivity index (χ0n) is 18.2. The molecule has 1 aliphatic heterocycles. The number of nitrogens with one attached hydrogen (secondary N) is 1. The summed E-state index contributed by atoms with van der Waals surface area (Å²) in [4.78, 5) is 38.7. The zero-order valence-corrected chi connectivity index (χ0v) is 21.3. The number of halogens is 3. The maximum Gasteiger partial charge on any atom is 0.335 e. The number of amides is 2. The molecule has 35 heavy (non-hydrogen) atoms. The molecular weight excluding hydrogens is 533 g/mol. The minimum Gasteiger partial charge on any atom is -0.478 e. The van der Waals surface area contributed by atoms with Gasteiger partial charge < -0.3 is 9.67 Å². The summed E-state index contributed by atoms with van der Waals surface area (Å²) in [5.74, 6) is -2.42. The lowest BCUT2D eigenvalue weighted by atomic mass is 10.1. The predicted molar refractivity (Wildman–Crippen MR) is 140 cm³/mol. The fourth-order valence-corrected chi connectivity index (χ4v) is 4.67. The van der Waals surface area contributed by atoms with Crippen molar-refractivity contribution < 1.29 is 19.5 Å². The highest BCUT2D eigenvalue weighted by Crippen LogP contribution is 2.35. The number of benzene rings is 2. The van der Waals surface area contributed by atoms with Crippen LogP contribution in [0.1, 0.15) is 27.3 Å². The number of nitrogens with zero attached hydrogens (tertiary/aromatic N) is 2. The molecule has 1 saturated heterocycles. The van der Waals surface area contributed by atoms with E-state index in [0.717, 1.165) is 4.90 Å². The van der Waals surface area contributed by atoms with Gasteiger partial charge in [-0.2, -0.15) is 0 Å². The average molecular weight is 549 g/mol. The van der Waals surface area contributed by atoms with E-state index < -0.39 is 17.8 Å². The van der Waals surface area contributed by atoms with E-state index in [1.54, 1.807) is 42.7 Å². The summed E-state index contributed by atoms with van der Waals surface area (Å²) in [6.45, 7) is 3.57. The lowest BCUT2D eigenvalue weighted by Crippen LogP contribution is -2.54. The fraction of sp³-hybridized carbons (Fsp3) is 0.0833. The molecule has 178 valence electrons. The number of anilines is 1. The molecule has 0 unspecified atom stereocenters. The first-order valence-corrected chi connectivity index (χ1v) is 11.6. The van der Waals surface area contributed by atoms with Gasteiger partial charge in [0.2, 0.25) is 0 Å². The van der Waals surface area contributed by atoms with Gasteiger partial charge in [-0.3, -0.25) is 19.8 Å². The van der Waals surface area contributed by atoms with Crippen LogP contribution in [0.25, 0.3) is 11.8 Å². The summed E-state index contributed by atoms with van der Waals surface area (Å²) in [6, 6.07) is 10.9. The van der Waals surface area contributed by atoms with Gasteiger partial charge in [0.1, 0.15) is 5.57 Å². The lowest BCUT2D eigenvalue weighted by Gasteiger charge is -2.29. The standard InChI is InChI=1S/C24H16Cl3N3O4S/c1-11-8-14(12(2)29(11)19-10-13(23(33)34)6-7-16(19)25)9-15-21(31)28-24(35)30(22(15)32)18-5-3-4-17(26)20(18)27/h3-10H,1-2H3,(H,33,34)(H,28,31,35)/b15-9+. The summed E-state index contributed by atoms with van der Waals surface area (Å²) in [7, 11) is 0. The van der Waals surface area contributed by atoms with Crippen LogP contribution in [0.15, 0.2) is 48.0 Å². The van der Waals surface area contributed by atoms with Crippen molar-refractivity contribution in [1.82, 2.24) is 9.88 Å². The zero-order chi connectivity index (χ0) is 25.6. The number of carboxylic acid groups (broad SMARTS) is 1. The van der Waals surface area contributed by atoms with E-state index in [-0.39, 0.29) is 32.0 Å². The Morgan fingerprint density at radius 3 is 2.43 bits per heavy atom. The molecule has 2 amide bonds. The average Bonchev–Trinajstić information content (AvgIpc) is 3.07. The molecule has 2 N–H and O–H groups in total.